The van der Waals surface area contributed by atoms with E-state index in [1.54, 1.807) is 12.3 Å². The van der Waals surface area contributed by atoms with Gasteiger partial charge in [0, 0.05) is 58.5 Å². The molecule has 2 heterocycles. The number of carbonyl (C=O) groups excluding carboxylic acids is 2. The van der Waals surface area contributed by atoms with Crippen molar-refractivity contribution in [1.29, 1.82) is 0 Å². The van der Waals surface area contributed by atoms with Gasteiger partial charge in [0.25, 0.3) is 11.8 Å². The third-order valence-electron chi connectivity index (χ3n) is 5.15. The van der Waals surface area contributed by atoms with E-state index in [1.807, 2.05) is 36.4 Å². The monoisotopic (exact) mass is 518 g/mol. The van der Waals surface area contributed by atoms with E-state index in [-0.39, 0.29) is 0 Å². The van der Waals surface area contributed by atoms with Crippen LogP contribution in [-0.4, -0.2) is 54.1 Å². The predicted molar refractivity (Wildman–Crippen MR) is 121 cm³/mol. The van der Waals surface area contributed by atoms with E-state index in [2.05, 4.69) is 38.1 Å². The van der Waals surface area contributed by atoms with E-state index in [9.17, 15) is 14.4 Å². The molecule has 0 atom stereocenters. The van der Waals surface area contributed by atoms with E-state index in [0.717, 1.165) is 14.9 Å². The van der Waals surface area contributed by atoms with Crippen molar-refractivity contribution in [3.8, 4) is 0 Å². The van der Waals surface area contributed by atoms with Gasteiger partial charge in [-0.15, -0.1) is 0 Å². The van der Waals surface area contributed by atoms with Crippen molar-refractivity contribution < 1.29 is 19.5 Å². The number of carboxylic acid groups (broad SMARTS) is 1. The molecule has 2 aromatic rings. The van der Waals surface area contributed by atoms with Gasteiger partial charge in [-0.3, -0.25) is 14.9 Å². The number of rotatable bonds is 3. The number of nitrogens with zero attached hydrogens (tertiary/aromatic N) is 2. The Morgan fingerprint density at radius 3 is 2.37 bits per heavy atom. The van der Waals surface area contributed by atoms with Crippen LogP contribution in [0, 0.1) is 3.57 Å². The van der Waals surface area contributed by atoms with E-state index >= 15 is 0 Å². The zero-order valence-corrected chi connectivity index (χ0v) is 18.0. The number of hydrogen-bond acceptors (Lipinski definition) is 5. The maximum Gasteiger partial charge on any atom is 0.407 e. The van der Waals surface area contributed by atoms with Gasteiger partial charge in [0.15, 0.2) is 0 Å². The molecule has 0 radical (unpaired) electrons. The molecule has 0 saturated carbocycles. The standard InChI is InChI=1S/C21H19IN4O4/c22-13-1-6-16-17(11-13)18(20(28)24-19(16)27)12-23-14-2-4-15(5-3-14)25-7-9-26(10-8-25)21(29)30/h1-6,11-12,23H,7-10H2,(H,29,30)(H,24,27,28)/b18-12-. The summed E-state index contributed by atoms with van der Waals surface area (Å²) in [7, 11) is 0. The van der Waals surface area contributed by atoms with Gasteiger partial charge in [0.1, 0.15) is 0 Å². The van der Waals surface area contributed by atoms with Crippen LogP contribution in [0.3, 0.4) is 0 Å². The second-order valence-electron chi connectivity index (χ2n) is 6.98. The molecule has 154 valence electrons. The molecule has 3 N–H and O–H groups in total. The highest BCUT2D eigenvalue weighted by Gasteiger charge is 2.27. The minimum atomic E-state index is -0.882. The lowest BCUT2D eigenvalue weighted by Crippen LogP contribution is -2.48. The number of imide groups is 1. The van der Waals surface area contributed by atoms with Crippen LogP contribution >= 0.6 is 22.6 Å². The van der Waals surface area contributed by atoms with Crippen molar-refractivity contribution >= 4 is 57.4 Å². The van der Waals surface area contributed by atoms with Crippen LogP contribution in [0.15, 0.2) is 48.7 Å². The summed E-state index contributed by atoms with van der Waals surface area (Å²) in [5.41, 5.74) is 3.29. The molecule has 0 bridgehead atoms. The molecule has 8 nitrogen and oxygen atoms in total. The largest absolute Gasteiger partial charge is 0.465 e. The first-order chi connectivity index (χ1) is 14.4. The van der Waals surface area contributed by atoms with Crippen molar-refractivity contribution in [3.05, 3.63) is 63.4 Å². The summed E-state index contributed by atoms with van der Waals surface area (Å²) in [5.74, 6) is -0.828. The second kappa shape index (κ2) is 8.34. The fraction of sp³-hybridized carbons (Fsp3) is 0.190. The number of carbonyl (C=O) groups is 3. The summed E-state index contributed by atoms with van der Waals surface area (Å²) in [4.78, 5) is 39.0. The normalized spacial score (nSPS) is 17.6. The van der Waals surface area contributed by atoms with Gasteiger partial charge >= 0.3 is 6.09 Å². The van der Waals surface area contributed by atoms with E-state index in [4.69, 9.17) is 5.11 Å². The van der Waals surface area contributed by atoms with Gasteiger partial charge in [0.2, 0.25) is 0 Å². The third-order valence-corrected chi connectivity index (χ3v) is 5.82. The number of nitrogens with one attached hydrogen (secondary N) is 2. The van der Waals surface area contributed by atoms with Gasteiger partial charge in [-0.05, 0) is 65.1 Å². The Labute approximate surface area is 186 Å². The molecule has 1 fully saturated rings. The van der Waals surface area contributed by atoms with Crippen LogP contribution in [0.5, 0.6) is 0 Å². The Morgan fingerprint density at radius 2 is 1.70 bits per heavy atom. The quantitative estimate of drug-likeness (QED) is 0.328. The Hall–Kier alpha value is -3.08. The summed E-state index contributed by atoms with van der Waals surface area (Å²) < 4.78 is 0.937. The molecular weight excluding hydrogens is 499 g/mol. The third kappa shape index (κ3) is 4.11. The fourth-order valence-corrected chi connectivity index (χ4v) is 4.01. The minimum Gasteiger partial charge on any atom is -0.465 e. The van der Waals surface area contributed by atoms with Crippen molar-refractivity contribution in [3.63, 3.8) is 0 Å². The Bertz CT molecular complexity index is 1040. The van der Waals surface area contributed by atoms with Crippen LogP contribution in [0.4, 0.5) is 16.2 Å². The number of hydrogen-bond donors (Lipinski definition) is 3. The molecule has 2 aromatic carbocycles. The van der Waals surface area contributed by atoms with Gasteiger partial charge in [-0.1, -0.05) is 0 Å². The number of halogens is 1. The SMILES string of the molecule is O=C1NC(=O)c2ccc(I)cc2/C1=C/Nc1ccc(N2CCN(C(=O)O)CC2)cc1. The van der Waals surface area contributed by atoms with Crippen molar-refractivity contribution in [2.45, 2.75) is 0 Å². The van der Waals surface area contributed by atoms with Gasteiger partial charge in [-0.25, -0.2) is 4.79 Å². The number of benzene rings is 2. The Balaban J connectivity index is 1.48. The maximum atomic E-state index is 12.3. The average molecular weight is 518 g/mol. The number of anilines is 2. The average Bonchev–Trinajstić information content (AvgIpc) is 2.74. The molecule has 0 unspecified atom stereocenters. The maximum absolute atomic E-state index is 12.3. The predicted octanol–water partition coefficient (Wildman–Crippen LogP) is 2.81. The number of piperazine rings is 1. The smallest absolute Gasteiger partial charge is 0.407 e. The van der Waals surface area contributed by atoms with Crippen LogP contribution in [0.25, 0.3) is 5.57 Å². The van der Waals surface area contributed by atoms with Crippen LogP contribution in [0.1, 0.15) is 15.9 Å². The fourth-order valence-electron chi connectivity index (χ4n) is 3.52. The molecule has 0 aromatic heterocycles. The molecule has 4 rings (SSSR count). The number of amides is 3. The number of fused-ring (bicyclic) bond motifs is 1. The lowest BCUT2D eigenvalue weighted by atomic mass is 9.95. The minimum absolute atomic E-state index is 0.393. The lowest BCUT2D eigenvalue weighted by molar-refractivity contribution is -0.114. The van der Waals surface area contributed by atoms with Crippen LogP contribution in [-0.2, 0) is 4.79 Å². The van der Waals surface area contributed by atoms with Crippen LogP contribution in [0.2, 0.25) is 0 Å². The molecule has 1 saturated heterocycles. The zero-order valence-electron chi connectivity index (χ0n) is 15.9. The molecule has 0 aliphatic carbocycles. The highest BCUT2D eigenvalue weighted by Crippen LogP contribution is 2.26. The summed E-state index contributed by atoms with van der Waals surface area (Å²) in [6.07, 6.45) is 0.726. The Morgan fingerprint density at radius 1 is 1.00 bits per heavy atom. The van der Waals surface area contributed by atoms with Crippen molar-refractivity contribution in [2.75, 3.05) is 36.4 Å². The summed E-state index contributed by atoms with van der Waals surface area (Å²) in [5, 5.41) is 14.5. The second-order valence-corrected chi connectivity index (χ2v) is 8.22. The molecule has 2 aliphatic rings. The molecule has 0 spiro atoms. The van der Waals surface area contributed by atoms with Gasteiger partial charge in [0.05, 0.1) is 5.57 Å². The Kier molecular flexibility index (Phi) is 5.62. The molecule has 2 aliphatic heterocycles. The summed E-state index contributed by atoms with van der Waals surface area (Å²) in [6, 6.07) is 13.1. The van der Waals surface area contributed by atoms with E-state index in [1.165, 1.54) is 4.90 Å². The molecular formula is C21H19IN4O4. The molecule has 3 amide bonds. The molecule has 30 heavy (non-hydrogen) atoms. The van der Waals surface area contributed by atoms with Gasteiger partial charge < -0.3 is 20.2 Å². The van der Waals surface area contributed by atoms with E-state index < -0.39 is 17.9 Å². The molecule has 9 heteroatoms. The topological polar surface area (TPSA) is 102 Å². The summed E-state index contributed by atoms with van der Waals surface area (Å²) in [6.45, 7) is 2.25. The summed E-state index contributed by atoms with van der Waals surface area (Å²) >= 11 is 2.15. The lowest BCUT2D eigenvalue weighted by Gasteiger charge is -2.34. The van der Waals surface area contributed by atoms with Crippen LogP contribution < -0.4 is 15.5 Å². The first kappa shape index (κ1) is 20.2. The van der Waals surface area contributed by atoms with Crippen molar-refractivity contribution in [1.82, 2.24) is 10.2 Å². The first-order valence-corrected chi connectivity index (χ1v) is 10.5. The highest BCUT2D eigenvalue weighted by atomic mass is 127. The van der Waals surface area contributed by atoms with E-state index in [0.29, 0.717) is 42.9 Å². The zero-order chi connectivity index (χ0) is 21.3. The van der Waals surface area contributed by atoms with Crippen molar-refractivity contribution in [2.24, 2.45) is 0 Å². The highest BCUT2D eigenvalue weighted by molar-refractivity contribution is 14.1. The first-order valence-electron chi connectivity index (χ1n) is 9.37. The van der Waals surface area contributed by atoms with Gasteiger partial charge in [-0.2, -0.15) is 0 Å².